The van der Waals surface area contributed by atoms with E-state index in [0.29, 0.717) is 22.2 Å². The number of aliphatic hydroxyl groups is 1. The number of hydrogen-bond donors (Lipinski definition) is 2. The van der Waals surface area contributed by atoms with Crippen LogP contribution in [-0.2, 0) is 35.1 Å². The summed E-state index contributed by atoms with van der Waals surface area (Å²) >= 11 is 3.64. The fourth-order valence-corrected chi connectivity index (χ4v) is 9.21. The summed E-state index contributed by atoms with van der Waals surface area (Å²) in [6.07, 6.45) is 4.62. The number of carbonyl (C=O) groups is 4. The molecule has 0 radical (unpaired) electrons. The number of nitrogens with one attached hydrogen (secondary N) is 1. The van der Waals surface area contributed by atoms with Crippen LogP contribution in [-0.4, -0.2) is 77.2 Å². The average molecular weight is 791 g/mol. The molecule has 0 saturated carbocycles. The smallest absolute Gasteiger partial charge is 0.313 e. The van der Waals surface area contributed by atoms with Crippen LogP contribution >= 0.6 is 15.9 Å². The third kappa shape index (κ3) is 6.44. The normalized spacial score (nSPS) is 28.4. The molecule has 276 valence electrons. The quantitative estimate of drug-likeness (QED) is 0.198. The second-order valence-electron chi connectivity index (χ2n) is 14.2. The van der Waals surface area contributed by atoms with Gasteiger partial charge in [0.15, 0.2) is 0 Å². The van der Waals surface area contributed by atoms with E-state index in [9.17, 15) is 14.7 Å². The van der Waals surface area contributed by atoms with Crippen molar-refractivity contribution in [3.63, 3.8) is 0 Å². The molecular formula is C43H40BrN3O7. The van der Waals surface area contributed by atoms with Gasteiger partial charge in [0.1, 0.15) is 29.8 Å². The van der Waals surface area contributed by atoms with Gasteiger partial charge in [-0.15, -0.1) is 0 Å². The summed E-state index contributed by atoms with van der Waals surface area (Å²) in [6.45, 7) is -0.261. The maximum absolute atomic E-state index is 15.5. The number of anilines is 1. The van der Waals surface area contributed by atoms with Gasteiger partial charge in [0, 0.05) is 23.1 Å². The van der Waals surface area contributed by atoms with Crippen molar-refractivity contribution in [3.8, 4) is 0 Å². The molecule has 4 aromatic carbocycles. The first-order valence-corrected chi connectivity index (χ1v) is 19.1. The van der Waals surface area contributed by atoms with E-state index in [-0.39, 0.29) is 31.8 Å². The Kier molecular flexibility index (Phi) is 9.95. The molecule has 4 heterocycles. The lowest BCUT2D eigenvalue weighted by atomic mass is 9.74. The van der Waals surface area contributed by atoms with Crippen LogP contribution in [0.5, 0.6) is 0 Å². The summed E-state index contributed by atoms with van der Waals surface area (Å²) in [4.78, 5) is 61.1. The van der Waals surface area contributed by atoms with E-state index in [2.05, 4.69) is 21.2 Å². The number of rotatable bonds is 6. The van der Waals surface area contributed by atoms with Gasteiger partial charge in [-0.2, -0.15) is 0 Å². The van der Waals surface area contributed by atoms with Crippen molar-refractivity contribution in [2.45, 2.75) is 49.2 Å². The molecule has 11 heteroatoms. The molecule has 5 bridgehead atoms. The first kappa shape index (κ1) is 35.9. The van der Waals surface area contributed by atoms with E-state index in [4.69, 9.17) is 9.47 Å². The molecule has 2 fully saturated rings. The third-order valence-electron chi connectivity index (χ3n) is 11.0. The van der Waals surface area contributed by atoms with E-state index in [1.165, 1.54) is 4.90 Å². The Morgan fingerprint density at radius 2 is 1.59 bits per heavy atom. The summed E-state index contributed by atoms with van der Waals surface area (Å²) in [5.41, 5.74) is 0.611. The number of amides is 3. The van der Waals surface area contributed by atoms with Crippen LogP contribution in [0.25, 0.3) is 10.8 Å². The predicted octanol–water partition coefficient (Wildman–Crippen LogP) is 5.40. The van der Waals surface area contributed by atoms with Crippen LogP contribution in [0.3, 0.4) is 0 Å². The van der Waals surface area contributed by atoms with Gasteiger partial charge in [-0.25, -0.2) is 0 Å². The zero-order valence-corrected chi connectivity index (χ0v) is 31.0. The van der Waals surface area contributed by atoms with Crippen molar-refractivity contribution in [1.82, 2.24) is 10.2 Å². The van der Waals surface area contributed by atoms with Crippen molar-refractivity contribution in [2.75, 3.05) is 24.6 Å². The van der Waals surface area contributed by atoms with Crippen molar-refractivity contribution in [1.29, 1.82) is 0 Å². The molecule has 0 aliphatic carbocycles. The van der Waals surface area contributed by atoms with Crippen molar-refractivity contribution in [2.24, 2.45) is 11.8 Å². The maximum Gasteiger partial charge on any atom is 0.313 e. The van der Waals surface area contributed by atoms with Gasteiger partial charge >= 0.3 is 5.97 Å². The lowest BCUT2D eigenvalue weighted by Crippen LogP contribution is -2.59. The molecule has 0 unspecified atom stereocenters. The van der Waals surface area contributed by atoms with Gasteiger partial charge in [-0.05, 0) is 52.9 Å². The predicted molar refractivity (Wildman–Crippen MR) is 206 cm³/mol. The average Bonchev–Trinajstić information content (AvgIpc) is 3.79. The Hall–Kier alpha value is -5.10. The molecular weight excluding hydrogens is 750 g/mol. The topological polar surface area (TPSA) is 125 Å². The van der Waals surface area contributed by atoms with Gasteiger partial charge in [-0.3, -0.25) is 19.2 Å². The zero-order chi connectivity index (χ0) is 37.4. The number of carbonyl (C=O) groups excluding carboxylic acids is 4. The molecule has 4 aliphatic rings. The standard InChI is InChI=1S/C43H40BrN3O7/c44-33-24-43-37-36(38(33)54-43)42(52)53-34(29-15-6-2-7-16-29)25-45-35(49)18-8-3-11-21-46(31-20-19-28-14-9-10-17-30(28)23-31)41(51)39(43)47(40(37)50)32(26-48)22-27-12-4-1-5-13-27/h1-7,9-17,19-20,23-24,32,34,36-39,48H,8,18,21-22,25-26H2,(H,45,49)/b11-3-/t32-,34+,36+,37-,38+,39+,43-/m1/s1. The zero-order valence-electron chi connectivity index (χ0n) is 29.4. The fourth-order valence-electron chi connectivity index (χ4n) is 8.47. The molecule has 1 spiro atoms. The number of fused-ring (bicyclic) bond motifs is 3. The van der Waals surface area contributed by atoms with Crippen LogP contribution in [0.2, 0.25) is 0 Å². The first-order valence-electron chi connectivity index (χ1n) is 18.3. The third-order valence-corrected chi connectivity index (χ3v) is 11.7. The van der Waals surface area contributed by atoms with Gasteiger partial charge in [-0.1, -0.05) is 119 Å². The molecule has 3 amide bonds. The highest BCUT2D eigenvalue weighted by atomic mass is 79.9. The first-order chi connectivity index (χ1) is 26.3. The largest absolute Gasteiger partial charge is 0.455 e. The van der Waals surface area contributed by atoms with Crippen LogP contribution in [0.1, 0.15) is 30.1 Å². The molecule has 54 heavy (non-hydrogen) atoms. The Labute approximate surface area is 321 Å². The second-order valence-corrected chi connectivity index (χ2v) is 15.1. The number of nitrogens with zero attached hydrogens (tertiary/aromatic N) is 2. The Balaban J connectivity index is 1.26. The number of esters is 1. The summed E-state index contributed by atoms with van der Waals surface area (Å²) in [5.74, 6) is -4.01. The molecule has 0 aromatic heterocycles. The molecule has 10 nitrogen and oxygen atoms in total. The minimum atomic E-state index is -1.55. The molecule has 4 aromatic rings. The minimum absolute atomic E-state index is 0.0317. The van der Waals surface area contributed by atoms with Crippen molar-refractivity contribution >= 4 is 56.1 Å². The van der Waals surface area contributed by atoms with Crippen LogP contribution in [0.4, 0.5) is 5.69 Å². The summed E-state index contributed by atoms with van der Waals surface area (Å²) < 4.78 is 13.5. The van der Waals surface area contributed by atoms with Gasteiger partial charge in [0.2, 0.25) is 11.8 Å². The molecule has 2 N–H and O–H groups in total. The maximum atomic E-state index is 15.5. The minimum Gasteiger partial charge on any atom is -0.455 e. The number of halogens is 1. The summed E-state index contributed by atoms with van der Waals surface area (Å²) in [5, 5.41) is 15.8. The summed E-state index contributed by atoms with van der Waals surface area (Å²) in [7, 11) is 0. The molecule has 2 saturated heterocycles. The number of likely N-dealkylation sites (tertiary alicyclic amines) is 1. The molecule has 8 rings (SSSR count). The second kappa shape index (κ2) is 15.0. The fraction of sp³-hybridized carbons (Fsp3) is 0.302. The SMILES string of the molecule is O=C1CC/C=C\CN(c2ccc3ccccc3c2)C(=O)[C@@H]2N([C@@H](CO)Cc3ccccc3)C(=O)[C@H]3[C@H](C(=O)O[C@H](c4ccccc4)CN1)[C@H]1O[C@@]23C=C1Br. The highest BCUT2D eigenvalue weighted by molar-refractivity contribution is 9.11. The van der Waals surface area contributed by atoms with E-state index in [1.807, 2.05) is 115 Å². The van der Waals surface area contributed by atoms with E-state index in [1.54, 1.807) is 11.0 Å². The monoisotopic (exact) mass is 789 g/mol. The number of benzene rings is 4. The highest BCUT2D eigenvalue weighted by Crippen LogP contribution is 2.59. The van der Waals surface area contributed by atoms with Crippen LogP contribution in [0.15, 0.2) is 126 Å². The van der Waals surface area contributed by atoms with Crippen LogP contribution in [0, 0.1) is 11.8 Å². The lowest BCUT2D eigenvalue weighted by Gasteiger charge is -2.39. The van der Waals surface area contributed by atoms with Crippen molar-refractivity contribution < 1.29 is 33.8 Å². The molecule has 7 atom stereocenters. The number of cyclic esters (lactones) is 1. The number of ether oxygens (including phenoxy) is 2. The van der Waals surface area contributed by atoms with Gasteiger partial charge in [0.25, 0.3) is 5.91 Å². The summed E-state index contributed by atoms with van der Waals surface area (Å²) in [6, 6.07) is 30.2. The van der Waals surface area contributed by atoms with E-state index < -0.39 is 66.1 Å². The van der Waals surface area contributed by atoms with Crippen molar-refractivity contribution in [3.05, 3.63) is 137 Å². The van der Waals surface area contributed by atoms with E-state index in [0.717, 1.165) is 16.3 Å². The number of allylic oxidation sites excluding steroid dienone is 1. The Morgan fingerprint density at radius 3 is 2.35 bits per heavy atom. The highest BCUT2D eigenvalue weighted by Gasteiger charge is 2.75. The number of hydrogen-bond acceptors (Lipinski definition) is 7. The molecule has 4 aliphatic heterocycles. The Morgan fingerprint density at radius 1 is 0.870 bits per heavy atom. The lowest BCUT2D eigenvalue weighted by molar-refractivity contribution is -0.160. The van der Waals surface area contributed by atoms with Gasteiger partial charge in [0.05, 0.1) is 25.1 Å². The number of aliphatic hydroxyl groups excluding tert-OH is 1. The van der Waals surface area contributed by atoms with E-state index >= 15 is 9.59 Å². The van der Waals surface area contributed by atoms with Gasteiger partial charge < -0.3 is 29.7 Å². The van der Waals surface area contributed by atoms with Crippen LogP contribution < -0.4 is 10.2 Å². The Bertz CT molecular complexity index is 2140.